The summed E-state index contributed by atoms with van der Waals surface area (Å²) >= 11 is 3.13. The van der Waals surface area contributed by atoms with Crippen molar-refractivity contribution in [2.75, 3.05) is 12.4 Å². The Morgan fingerprint density at radius 1 is 1.79 bits per heavy atom. The highest BCUT2D eigenvalue weighted by atomic mass is 32.2. The second kappa shape index (κ2) is 6.06. The Kier molecular flexibility index (Phi) is 5.00. The van der Waals surface area contributed by atoms with Gasteiger partial charge in [-0.1, -0.05) is 6.07 Å². The molecule has 5 heteroatoms. The molecular weight excluding hydrogens is 220 g/mol. The second-order valence-electron chi connectivity index (χ2n) is 2.53. The lowest BCUT2D eigenvalue weighted by atomic mass is 10.4. The van der Waals surface area contributed by atoms with Crippen LogP contribution in [-0.4, -0.2) is 29.5 Å². The molecule has 0 fully saturated rings. The van der Waals surface area contributed by atoms with Gasteiger partial charge in [0.2, 0.25) is 0 Å². The maximum Gasteiger partial charge on any atom is 0.333 e. The number of thioether (sulfide) groups is 1. The summed E-state index contributed by atoms with van der Waals surface area (Å²) in [5.41, 5.74) is 0. The Balaban J connectivity index is 2.37. The van der Waals surface area contributed by atoms with Gasteiger partial charge in [-0.25, -0.2) is 4.79 Å². The number of thiophene rings is 1. The normalized spacial score (nSPS) is 12.6. The van der Waals surface area contributed by atoms with Gasteiger partial charge in [-0.15, -0.1) is 23.1 Å². The van der Waals surface area contributed by atoms with Gasteiger partial charge in [0, 0.05) is 12.4 Å². The Morgan fingerprint density at radius 3 is 3.07 bits per heavy atom. The molecule has 1 aromatic heterocycles. The molecule has 1 unspecified atom stereocenters. The summed E-state index contributed by atoms with van der Waals surface area (Å²) in [5, 5.41) is 10.8. The third-order valence-corrected chi connectivity index (χ3v) is 3.71. The van der Waals surface area contributed by atoms with E-state index in [2.05, 4.69) is 0 Å². The Hall–Kier alpha value is -0.520. The molecule has 1 N–H and O–H groups in total. The SMILES string of the molecule is CCOC(CSc1cccs1)C(=O)O. The molecule has 1 atom stereocenters. The molecular formula is C9H12O3S2. The third kappa shape index (κ3) is 3.69. The predicted molar refractivity (Wildman–Crippen MR) is 58.1 cm³/mol. The van der Waals surface area contributed by atoms with Crippen molar-refractivity contribution < 1.29 is 14.6 Å². The standard InChI is InChI=1S/C9H12O3S2/c1-2-12-7(9(10)11)6-14-8-4-3-5-13-8/h3-5,7H,2,6H2,1H3,(H,10,11). The van der Waals surface area contributed by atoms with E-state index in [0.29, 0.717) is 12.4 Å². The number of carboxylic acid groups (broad SMARTS) is 1. The van der Waals surface area contributed by atoms with Crippen LogP contribution in [0.2, 0.25) is 0 Å². The minimum Gasteiger partial charge on any atom is -0.479 e. The van der Waals surface area contributed by atoms with Crippen molar-refractivity contribution in [3.05, 3.63) is 17.5 Å². The lowest BCUT2D eigenvalue weighted by molar-refractivity contribution is -0.148. The summed E-state index contributed by atoms with van der Waals surface area (Å²) in [4.78, 5) is 10.7. The largest absolute Gasteiger partial charge is 0.479 e. The van der Waals surface area contributed by atoms with E-state index < -0.39 is 12.1 Å². The van der Waals surface area contributed by atoms with E-state index in [1.807, 2.05) is 17.5 Å². The highest BCUT2D eigenvalue weighted by Gasteiger charge is 2.17. The molecule has 1 heterocycles. The van der Waals surface area contributed by atoms with E-state index in [0.717, 1.165) is 4.21 Å². The van der Waals surface area contributed by atoms with Gasteiger partial charge in [-0.3, -0.25) is 0 Å². The van der Waals surface area contributed by atoms with Crippen LogP contribution >= 0.6 is 23.1 Å². The average molecular weight is 232 g/mol. The van der Waals surface area contributed by atoms with Gasteiger partial charge >= 0.3 is 5.97 Å². The first-order valence-electron chi connectivity index (χ1n) is 4.24. The van der Waals surface area contributed by atoms with E-state index in [1.165, 1.54) is 11.8 Å². The number of carboxylic acids is 1. The maximum atomic E-state index is 10.7. The molecule has 0 amide bonds. The zero-order chi connectivity index (χ0) is 10.4. The van der Waals surface area contributed by atoms with E-state index in [-0.39, 0.29) is 0 Å². The molecule has 0 saturated carbocycles. The summed E-state index contributed by atoms with van der Waals surface area (Å²) < 4.78 is 6.21. The smallest absolute Gasteiger partial charge is 0.333 e. The first kappa shape index (κ1) is 11.6. The van der Waals surface area contributed by atoms with Crippen molar-refractivity contribution in [3.8, 4) is 0 Å². The third-order valence-electron chi connectivity index (χ3n) is 1.52. The van der Waals surface area contributed by atoms with Crippen molar-refractivity contribution >= 4 is 29.1 Å². The molecule has 3 nitrogen and oxygen atoms in total. The molecule has 0 spiro atoms. The van der Waals surface area contributed by atoms with Crippen molar-refractivity contribution in [1.29, 1.82) is 0 Å². The van der Waals surface area contributed by atoms with Crippen molar-refractivity contribution in [2.24, 2.45) is 0 Å². The number of ether oxygens (including phenoxy) is 1. The van der Waals surface area contributed by atoms with Crippen LogP contribution in [0, 0.1) is 0 Å². The monoisotopic (exact) mass is 232 g/mol. The van der Waals surface area contributed by atoms with Crippen molar-refractivity contribution in [3.63, 3.8) is 0 Å². The van der Waals surface area contributed by atoms with E-state index in [1.54, 1.807) is 18.3 Å². The van der Waals surface area contributed by atoms with Gasteiger partial charge in [-0.05, 0) is 18.4 Å². The number of hydrogen-bond acceptors (Lipinski definition) is 4. The molecule has 0 radical (unpaired) electrons. The fourth-order valence-corrected chi connectivity index (χ4v) is 2.72. The highest BCUT2D eigenvalue weighted by molar-refractivity contribution is 8.01. The number of aliphatic carboxylic acids is 1. The molecule has 14 heavy (non-hydrogen) atoms. The van der Waals surface area contributed by atoms with Gasteiger partial charge in [0.15, 0.2) is 6.10 Å². The van der Waals surface area contributed by atoms with Crippen molar-refractivity contribution in [1.82, 2.24) is 0 Å². The van der Waals surface area contributed by atoms with Crippen LogP contribution in [0.4, 0.5) is 0 Å². The minimum absolute atomic E-state index is 0.433. The molecule has 0 aromatic carbocycles. The van der Waals surface area contributed by atoms with Crippen molar-refractivity contribution in [2.45, 2.75) is 17.2 Å². The highest BCUT2D eigenvalue weighted by Crippen LogP contribution is 2.24. The lowest BCUT2D eigenvalue weighted by Crippen LogP contribution is -2.26. The number of hydrogen-bond donors (Lipinski definition) is 1. The van der Waals surface area contributed by atoms with Gasteiger partial charge in [0.1, 0.15) is 0 Å². The quantitative estimate of drug-likeness (QED) is 0.765. The molecule has 0 saturated heterocycles. The van der Waals surface area contributed by atoms with Crippen LogP contribution in [0.25, 0.3) is 0 Å². The Bertz CT molecular complexity index is 272. The molecule has 0 aliphatic carbocycles. The summed E-state index contributed by atoms with van der Waals surface area (Å²) in [6, 6.07) is 3.92. The molecule has 78 valence electrons. The first-order valence-corrected chi connectivity index (χ1v) is 6.11. The van der Waals surface area contributed by atoms with Crippen LogP contribution in [0.3, 0.4) is 0 Å². The Morgan fingerprint density at radius 2 is 2.57 bits per heavy atom. The number of rotatable bonds is 6. The molecule has 1 aromatic rings. The first-order chi connectivity index (χ1) is 6.74. The van der Waals surface area contributed by atoms with E-state index in [9.17, 15) is 4.79 Å². The Labute approximate surface area is 91.1 Å². The maximum absolute atomic E-state index is 10.7. The van der Waals surface area contributed by atoms with Gasteiger partial charge in [0.05, 0.1) is 4.21 Å². The van der Waals surface area contributed by atoms with Crippen LogP contribution in [0.5, 0.6) is 0 Å². The fraction of sp³-hybridized carbons (Fsp3) is 0.444. The second-order valence-corrected chi connectivity index (χ2v) is 4.79. The fourth-order valence-electron chi connectivity index (χ4n) is 0.895. The predicted octanol–water partition coefficient (Wildman–Crippen LogP) is 2.33. The summed E-state index contributed by atoms with van der Waals surface area (Å²) in [7, 11) is 0. The van der Waals surface area contributed by atoms with Crippen LogP contribution in [0.15, 0.2) is 21.7 Å². The molecule has 0 aliphatic rings. The van der Waals surface area contributed by atoms with Gasteiger partial charge in [-0.2, -0.15) is 0 Å². The summed E-state index contributed by atoms with van der Waals surface area (Å²) in [6.07, 6.45) is -0.702. The summed E-state index contributed by atoms with van der Waals surface area (Å²) in [6.45, 7) is 2.23. The molecule has 0 aliphatic heterocycles. The molecule has 0 bridgehead atoms. The van der Waals surface area contributed by atoms with Crippen LogP contribution in [-0.2, 0) is 9.53 Å². The van der Waals surface area contributed by atoms with Gasteiger partial charge in [0.25, 0.3) is 0 Å². The lowest BCUT2D eigenvalue weighted by Gasteiger charge is -2.10. The minimum atomic E-state index is -0.893. The zero-order valence-electron chi connectivity index (χ0n) is 7.80. The average Bonchev–Trinajstić information content (AvgIpc) is 2.64. The number of carbonyl (C=O) groups is 1. The van der Waals surface area contributed by atoms with Gasteiger partial charge < -0.3 is 9.84 Å². The van der Waals surface area contributed by atoms with Crippen LogP contribution < -0.4 is 0 Å². The topological polar surface area (TPSA) is 46.5 Å². The van der Waals surface area contributed by atoms with Crippen LogP contribution in [0.1, 0.15) is 6.92 Å². The van der Waals surface area contributed by atoms with E-state index >= 15 is 0 Å². The summed E-state index contributed by atoms with van der Waals surface area (Å²) in [5.74, 6) is -0.431. The zero-order valence-corrected chi connectivity index (χ0v) is 9.44. The van der Waals surface area contributed by atoms with E-state index in [4.69, 9.17) is 9.84 Å². The molecule has 1 rings (SSSR count).